The van der Waals surface area contributed by atoms with E-state index in [-0.39, 0.29) is 30.6 Å². The monoisotopic (exact) mass is 672 g/mol. The maximum Gasteiger partial charge on any atom is 0.338 e. The SMILES string of the molecule is CC(=O)O[C@H]1C[C@H]2OC[C@@]2(OC(C)=O)[C@H]2[C@H](OC(C)=O)[C@]3(C(C)(C)O)C[C@H](O)C(C)=C3[C@@H](OC(=O)c3ccccc3)[C@H](OC(C)=O)[C@]12C. The lowest BCUT2D eigenvalue weighted by Gasteiger charge is -2.65. The Balaban J connectivity index is 1.93. The average Bonchev–Trinajstić information content (AvgIpc) is 3.21. The molecule has 262 valence electrons. The summed E-state index contributed by atoms with van der Waals surface area (Å²) in [5.74, 6) is -4.96. The zero-order valence-electron chi connectivity index (χ0n) is 28.4. The van der Waals surface area contributed by atoms with Crippen LogP contribution in [0.25, 0.3) is 0 Å². The molecule has 0 radical (unpaired) electrons. The standard InChI is InChI=1S/C35H44O13/c1-17-23(40)15-34(32(6,7)42)26(17)27(47-31(41)22-12-10-9-11-13-22)29(45-19(3)37)33(8)24(44-18(2)36)14-25-35(16-43-25,48-21(5)39)28(33)30(34)46-20(4)38/h9-13,23-25,27-30,40,42H,14-16H2,1-8H3/t23-,24-,25+,27+,28-,29-,30-,33+,34-,35-/m0/s1. The molecule has 0 bridgehead atoms. The van der Waals surface area contributed by atoms with Gasteiger partial charge in [-0.3, -0.25) is 19.2 Å². The van der Waals surface area contributed by atoms with Crippen molar-refractivity contribution in [3.63, 3.8) is 0 Å². The van der Waals surface area contributed by atoms with Crippen molar-refractivity contribution in [1.29, 1.82) is 0 Å². The van der Waals surface area contributed by atoms with Crippen LogP contribution in [0.3, 0.4) is 0 Å². The molecule has 13 heteroatoms. The third-order valence-electron chi connectivity index (χ3n) is 10.8. The molecule has 3 aliphatic carbocycles. The van der Waals surface area contributed by atoms with E-state index in [1.807, 2.05) is 0 Å². The second-order valence-corrected chi connectivity index (χ2v) is 14.1. The van der Waals surface area contributed by atoms with Crippen molar-refractivity contribution in [2.75, 3.05) is 6.61 Å². The van der Waals surface area contributed by atoms with Gasteiger partial charge in [0.15, 0.2) is 17.8 Å². The van der Waals surface area contributed by atoms with Gasteiger partial charge in [-0.15, -0.1) is 0 Å². The number of hydrogen-bond donors (Lipinski definition) is 2. The van der Waals surface area contributed by atoms with Gasteiger partial charge in [0.1, 0.15) is 18.3 Å². The summed E-state index contributed by atoms with van der Waals surface area (Å²) in [6.45, 7) is 10.8. The zero-order valence-corrected chi connectivity index (χ0v) is 28.4. The predicted molar refractivity (Wildman–Crippen MR) is 165 cm³/mol. The van der Waals surface area contributed by atoms with Crippen LogP contribution in [0.4, 0.5) is 0 Å². The minimum atomic E-state index is -1.84. The molecule has 2 N–H and O–H groups in total. The Hall–Kier alpha value is -3.81. The maximum atomic E-state index is 13.9. The molecule has 4 aliphatic rings. The summed E-state index contributed by atoms with van der Waals surface area (Å²) in [6, 6.07) is 8.08. The van der Waals surface area contributed by atoms with Crippen LogP contribution in [0, 0.1) is 16.7 Å². The van der Waals surface area contributed by atoms with Gasteiger partial charge in [0.05, 0.1) is 40.6 Å². The summed E-state index contributed by atoms with van der Waals surface area (Å²) in [4.78, 5) is 65.7. The molecule has 0 aromatic heterocycles. The molecule has 1 aromatic carbocycles. The molecule has 1 saturated heterocycles. The fourth-order valence-corrected chi connectivity index (χ4v) is 8.97. The van der Waals surface area contributed by atoms with E-state index in [1.165, 1.54) is 46.8 Å². The third kappa shape index (κ3) is 5.39. The Morgan fingerprint density at radius 1 is 0.875 bits per heavy atom. The van der Waals surface area contributed by atoms with Crippen molar-refractivity contribution in [3.8, 4) is 0 Å². The van der Waals surface area contributed by atoms with Gasteiger partial charge >= 0.3 is 29.8 Å². The van der Waals surface area contributed by atoms with Gasteiger partial charge < -0.3 is 38.6 Å². The van der Waals surface area contributed by atoms with Crippen LogP contribution in [-0.4, -0.2) is 94.5 Å². The van der Waals surface area contributed by atoms with Crippen LogP contribution >= 0.6 is 0 Å². The van der Waals surface area contributed by atoms with E-state index in [2.05, 4.69) is 0 Å². The number of hydrogen-bond acceptors (Lipinski definition) is 13. The summed E-state index contributed by atoms with van der Waals surface area (Å²) in [6.07, 6.45) is -7.94. The molecule has 48 heavy (non-hydrogen) atoms. The van der Waals surface area contributed by atoms with E-state index in [1.54, 1.807) is 32.0 Å². The van der Waals surface area contributed by atoms with E-state index in [9.17, 15) is 34.2 Å². The van der Waals surface area contributed by atoms with Gasteiger partial charge in [-0.2, -0.15) is 0 Å². The highest BCUT2D eigenvalue weighted by molar-refractivity contribution is 5.89. The summed E-state index contributed by atoms with van der Waals surface area (Å²) >= 11 is 0. The van der Waals surface area contributed by atoms with Gasteiger partial charge in [-0.1, -0.05) is 25.1 Å². The van der Waals surface area contributed by atoms with Crippen LogP contribution in [0.15, 0.2) is 41.5 Å². The zero-order chi connectivity index (χ0) is 35.6. The van der Waals surface area contributed by atoms with Crippen LogP contribution in [-0.2, 0) is 47.6 Å². The second kappa shape index (κ2) is 12.3. The van der Waals surface area contributed by atoms with Crippen LogP contribution in [0.5, 0.6) is 0 Å². The number of ether oxygens (including phenoxy) is 6. The van der Waals surface area contributed by atoms with E-state index in [0.717, 1.165) is 6.92 Å². The molecular weight excluding hydrogens is 628 g/mol. The fourth-order valence-electron chi connectivity index (χ4n) is 8.97. The van der Waals surface area contributed by atoms with Crippen molar-refractivity contribution >= 4 is 29.8 Å². The van der Waals surface area contributed by atoms with Gasteiger partial charge in [0.25, 0.3) is 0 Å². The van der Waals surface area contributed by atoms with Gasteiger partial charge in [-0.05, 0) is 50.5 Å². The topological polar surface area (TPSA) is 181 Å². The van der Waals surface area contributed by atoms with E-state index in [4.69, 9.17) is 28.4 Å². The maximum absolute atomic E-state index is 13.9. The van der Waals surface area contributed by atoms with Crippen molar-refractivity contribution < 1.29 is 62.6 Å². The molecule has 13 nitrogen and oxygen atoms in total. The van der Waals surface area contributed by atoms with Crippen molar-refractivity contribution in [1.82, 2.24) is 0 Å². The van der Waals surface area contributed by atoms with Crippen molar-refractivity contribution in [3.05, 3.63) is 47.0 Å². The molecule has 10 atom stereocenters. The molecule has 3 fully saturated rings. The smallest absolute Gasteiger partial charge is 0.338 e. The van der Waals surface area contributed by atoms with Crippen LogP contribution in [0.2, 0.25) is 0 Å². The Morgan fingerprint density at radius 2 is 1.46 bits per heavy atom. The minimum Gasteiger partial charge on any atom is -0.462 e. The molecule has 2 saturated carbocycles. The molecular formula is C35H44O13. The lowest BCUT2D eigenvalue weighted by Crippen LogP contribution is -2.79. The van der Waals surface area contributed by atoms with Crippen molar-refractivity contribution in [2.45, 2.75) is 116 Å². The van der Waals surface area contributed by atoms with E-state index in [0.29, 0.717) is 5.57 Å². The van der Waals surface area contributed by atoms with E-state index < -0.39 is 94.4 Å². The van der Waals surface area contributed by atoms with Crippen LogP contribution in [0.1, 0.15) is 78.6 Å². The average molecular weight is 673 g/mol. The molecule has 0 spiro atoms. The molecule has 0 unspecified atom stereocenters. The third-order valence-corrected chi connectivity index (χ3v) is 10.8. The van der Waals surface area contributed by atoms with E-state index >= 15 is 0 Å². The largest absolute Gasteiger partial charge is 0.462 e. The summed E-state index contributed by atoms with van der Waals surface area (Å²) in [5, 5.41) is 23.9. The van der Waals surface area contributed by atoms with Crippen LogP contribution < -0.4 is 0 Å². The lowest BCUT2D eigenvalue weighted by atomic mass is 9.49. The Kier molecular flexibility index (Phi) is 9.07. The number of carbonyl (C=O) groups excluding carboxylic acids is 5. The molecule has 1 aromatic rings. The number of fused-ring (bicyclic) bond motifs is 4. The number of benzene rings is 1. The highest BCUT2D eigenvalue weighted by Gasteiger charge is 2.80. The molecule has 1 heterocycles. The number of rotatable bonds is 7. The number of carbonyl (C=O) groups is 5. The highest BCUT2D eigenvalue weighted by Crippen LogP contribution is 2.68. The number of aliphatic hydroxyl groups excluding tert-OH is 1. The summed E-state index contributed by atoms with van der Waals surface area (Å²) in [5.41, 5.74) is -6.14. The molecule has 5 rings (SSSR count). The minimum absolute atomic E-state index is 0.0278. The molecule has 0 amide bonds. The highest BCUT2D eigenvalue weighted by atomic mass is 16.6. The first kappa shape index (κ1) is 35.5. The lowest BCUT2D eigenvalue weighted by molar-refractivity contribution is -0.352. The van der Waals surface area contributed by atoms with Gasteiger partial charge in [0, 0.05) is 34.1 Å². The normalized spacial score (nSPS) is 37.0. The Bertz CT molecular complexity index is 1530. The summed E-state index contributed by atoms with van der Waals surface area (Å²) < 4.78 is 36.7. The Labute approximate surface area is 278 Å². The van der Waals surface area contributed by atoms with Crippen molar-refractivity contribution in [2.24, 2.45) is 16.7 Å². The first-order valence-corrected chi connectivity index (χ1v) is 16.0. The van der Waals surface area contributed by atoms with Gasteiger partial charge in [-0.25, -0.2) is 4.79 Å². The first-order chi connectivity index (χ1) is 22.3. The summed E-state index contributed by atoms with van der Waals surface area (Å²) in [7, 11) is 0. The fraction of sp³-hybridized carbons (Fsp3) is 0.629. The molecule has 1 aliphatic heterocycles. The number of aliphatic hydroxyl groups is 2. The predicted octanol–water partition coefficient (Wildman–Crippen LogP) is 2.59. The quantitative estimate of drug-likeness (QED) is 0.245. The first-order valence-electron chi connectivity index (χ1n) is 16.0. The van der Waals surface area contributed by atoms with Gasteiger partial charge in [0.2, 0.25) is 0 Å². The number of esters is 5. The second-order valence-electron chi connectivity index (χ2n) is 14.1. The Morgan fingerprint density at radius 3 is 1.96 bits per heavy atom.